The van der Waals surface area contributed by atoms with Gasteiger partial charge in [-0.05, 0) is 57.5 Å². The highest BCUT2D eigenvalue weighted by Crippen LogP contribution is 2.35. The van der Waals surface area contributed by atoms with E-state index in [-0.39, 0.29) is 17.8 Å². The van der Waals surface area contributed by atoms with Gasteiger partial charge in [-0.1, -0.05) is 6.92 Å². The van der Waals surface area contributed by atoms with Crippen molar-refractivity contribution in [1.29, 1.82) is 0 Å². The lowest BCUT2D eigenvalue weighted by Gasteiger charge is -2.35. The zero-order valence-corrected chi connectivity index (χ0v) is 13.6. The molecule has 1 N–H and O–H groups in total. The van der Waals surface area contributed by atoms with E-state index in [0.717, 1.165) is 62.4 Å². The first-order valence-electron chi connectivity index (χ1n) is 8.53. The van der Waals surface area contributed by atoms with Crippen LogP contribution in [0.4, 0.5) is 5.69 Å². The minimum absolute atomic E-state index is 0.169. The maximum absolute atomic E-state index is 12.7. The Hall–Kier alpha value is -1.55. The topological polar surface area (TPSA) is 41.6 Å². The summed E-state index contributed by atoms with van der Waals surface area (Å²) in [5, 5.41) is 3.32. The molecule has 0 aromatic heterocycles. The number of carbonyl (C=O) groups is 1. The van der Waals surface area contributed by atoms with Crippen molar-refractivity contribution >= 4 is 11.5 Å². The predicted molar refractivity (Wildman–Crippen MR) is 89.0 cm³/mol. The van der Waals surface area contributed by atoms with Crippen molar-refractivity contribution in [3.05, 3.63) is 23.8 Å². The summed E-state index contributed by atoms with van der Waals surface area (Å²) in [6.07, 6.45) is 3.15. The molecular formula is C18H26N2O2. The Bertz CT molecular complexity index is 538. The van der Waals surface area contributed by atoms with E-state index in [9.17, 15) is 4.79 Å². The number of fused-ring (bicyclic) bond motifs is 1. The van der Waals surface area contributed by atoms with Crippen molar-refractivity contribution in [1.82, 2.24) is 5.32 Å². The van der Waals surface area contributed by atoms with Gasteiger partial charge < -0.3 is 15.0 Å². The van der Waals surface area contributed by atoms with E-state index in [1.165, 1.54) is 0 Å². The van der Waals surface area contributed by atoms with Gasteiger partial charge in [0.2, 0.25) is 0 Å². The van der Waals surface area contributed by atoms with Gasteiger partial charge in [-0.3, -0.25) is 4.79 Å². The number of nitrogens with one attached hydrogen (secondary N) is 1. The Morgan fingerprint density at radius 2 is 2.09 bits per heavy atom. The Labute approximate surface area is 132 Å². The van der Waals surface area contributed by atoms with Gasteiger partial charge in [0.15, 0.2) is 5.78 Å². The van der Waals surface area contributed by atoms with Crippen molar-refractivity contribution in [3.63, 3.8) is 0 Å². The largest absolute Gasteiger partial charge is 0.486 e. The number of piperidine rings is 1. The van der Waals surface area contributed by atoms with Crippen LogP contribution in [0, 0.1) is 5.92 Å². The molecule has 4 nitrogen and oxygen atoms in total. The van der Waals surface area contributed by atoms with Crippen molar-refractivity contribution in [2.24, 2.45) is 5.92 Å². The van der Waals surface area contributed by atoms with Crippen LogP contribution in [0.5, 0.6) is 5.75 Å². The van der Waals surface area contributed by atoms with Gasteiger partial charge in [-0.15, -0.1) is 0 Å². The lowest BCUT2D eigenvalue weighted by atomic mass is 9.89. The van der Waals surface area contributed by atoms with Crippen LogP contribution in [0.1, 0.15) is 43.5 Å². The van der Waals surface area contributed by atoms with Crippen molar-refractivity contribution in [2.75, 3.05) is 31.1 Å². The Kier molecular flexibility index (Phi) is 4.67. The number of nitrogens with zero attached hydrogens (tertiary/aromatic N) is 1. The molecule has 0 bridgehead atoms. The molecule has 1 aromatic rings. The lowest BCUT2D eigenvalue weighted by molar-refractivity contribution is 0.0895. The van der Waals surface area contributed by atoms with Crippen LogP contribution >= 0.6 is 0 Å². The zero-order valence-electron chi connectivity index (χ0n) is 13.6. The molecule has 1 atom stereocenters. The number of Topliss-reactive ketones (excluding diaryl/α,β-unsaturated/α-hetero) is 1. The molecule has 0 spiro atoms. The van der Waals surface area contributed by atoms with Crippen LogP contribution in [-0.4, -0.2) is 38.1 Å². The lowest BCUT2D eigenvalue weighted by Crippen LogP contribution is -2.39. The molecule has 0 saturated carbocycles. The monoisotopic (exact) mass is 302 g/mol. The van der Waals surface area contributed by atoms with E-state index in [1.54, 1.807) is 0 Å². The second kappa shape index (κ2) is 6.69. The van der Waals surface area contributed by atoms with E-state index in [2.05, 4.69) is 24.1 Å². The number of benzene rings is 1. The molecule has 1 unspecified atom stereocenters. The van der Waals surface area contributed by atoms with E-state index in [1.807, 2.05) is 18.2 Å². The molecule has 0 radical (unpaired) electrons. The second-order valence-corrected chi connectivity index (χ2v) is 6.26. The first-order chi connectivity index (χ1) is 10.7. The molecule has 22 heavy (non-hydrogen) atoms. The van der Waals surface area contributed by atoms with Crippen LogP contribution in [0.25, 0.3) is 0 Å². The van der Waals surface area contributed by atoms with Crippen molar-refractivity contribution in [2.45, 2.75) is 39.2 Å². The molecule has 1 saturated heterocycles. The molecule has 120 valence electrons. The number of hydrogen-bond acceptors (Lipinski definition) is 4. The summed E-state index contributed by atoms with van der Waals surface area (Å²) in [5.41, 5.74) is 1.91. The van der Waals surface area contributed by atoms with E-state index < -0.39 is 0 Å². The molecule has 1 fully saturated rings. The van der Waals surface area contributed by atoms with E-state index in [0.29, 0.717) is 0 Å². The van der Waals surface area contributed by atoms with Crippen LogP contribution < -0.4 is 15.0 Å². The van der Waals surface area contributed by atoms with Crippen LogP contribution in [0.15, 0.2) is 18.2 Å². The summed E-state index contributed by atoms with van der Waals surface area (Å²) < 4.78 is 6.03. The molecular weight excluding hydrogens is 276 g/mol. The SMILES string of the molecule is CCC1CN(CC)c2cc(C(=O)C3CCNCC3)ccc2O1. The number of carbonyl (C=O) groups excluding carboxylic acids is 1. The smallest absolute Gasteiger partial charge is 0.166 e. The minimum atomic E-state index is 0.169. The van der Waals surface area contributed by atoms with Crippen LogP contribution in [-0.2, 0) is 0 Å². The second-order valence-electron chi connectivity index (χ2n) is 6.26. The Balaban J connectivity index is 1.84. The number of anilines is 1. The Morgan fingerprint density at radius 1 is 1.32 bits per heavy atom. The molecule has 4 heteroatoms. The molecule has 1 aromatic carbocycles. The summed E-state index contributed by atoms with van der Waals surface area (Å²) in [7, 11) is 0. The Morgan fingerprint density at radius 3 is 2.77 bits per heavy atom. The van der Waals surface area contributed by atoms with Gasteiger partial charge in [0.25, 0.3) is 0 Å². The normalized spacial score (nSPS) is 22.1. The summed E-state index contributed by atoms with van der Waals surface area (Å²) >= 11 is 0. The first-order valence-corrected chi connectivity index (χ1v) is 8.53. The van der Waals surface area contributed by atoms with Crippen molar-refractivity contribution in [3.8, 4) is 5.75 Å². The average molecular weight is 302 g/mol. The third-order valence-corrected chi connectivity index (χ3v) is 4.85. The molecule has 2 aliphatic rings. The highest BCUT2D eigenvalue weighted by Gasteiger charge is 2.27. The summed E-state index contributed by atoms with van der Waals surface area (Å²) in [4.78, 5) is 15.0. The molecule has 2 aliphatic heterocycles. The quantitative estimate of drug-likeness (QED) is 0.868. The van der Waals surface area contributed by atoms with Gasteiger partial charge in [0, 0.05) is 18.0 Å². The number of hydrogen-bond donors (Lipinski definition) is 1. The van der Waals surface area contributed by atoms with Gasteiger partial charge >= 0.3 is 0 Å². The molecule has 3 rings (SSSR count). The van der Waals surface area contributed by atoms with E-state index >= 15 is 0 Å². The number of rotatable bonds is 4. The maximum atomic E-state index is 12.7. The maximum Gasteiger partial charge on any atom is 0.166 e. The summed E-state index contributed by atoms with van der Waals surface area (Å²) in [6, 6.07) is 5.96. The zero-order chi connectivity index (χ0) is 15.5. The van der Waals surface area contributed by atoms with Crippen molar-refractivity contribution < 1.29 is 9.53 Å². The van der Waals surface area contributed by atoms with E-state index in [4.69, 9.17) is 4.74 Å². The van der Waals surface area contributed by atoms with Gasteiger partial charge in [-0.2, -0.15) is 0 Å². The standard InChI is InChI=1S/C18H26N2O2/c1-3-15-12-20(4-2)16-11-14(5-6-17(16)22-15)18(21)13-7-9-19-10-8-13/h5-6,11,13,15,19H,3-4,7-10,12H2,1-2H3. The highest BCUT2D eigenvalue weighted by atomic mass is 16.5. The highest BCUT2D eigenvalue weighted by molar-refractivity contribution is 5.99. The molecule has 0 amide bonds. The molecule has 0 aliphatic carbocycles. The molecule has 2 heterocycles. The van der Waals surface area contributed by atoms with Gasteiger partial charge in [0.1, 0.15) is 11.9 Å². The average Bonchev–Trinajstić information content (AvgIpc) is 2.60. The predicted octanol–water partition coefficient (Wildman–Crippen LogP) is 2.87. The fraction of sp³-hybridized carbons (Fsp3) is 0.611. The van der Waals surface area contributed by atoms with Crippen LogP contribution in [0.3, 0.4) is 0 Å². The number of likely N-dealkylation sites (N-methyl/N-ethyl adjacent to an activating group) is 1. The van der Waals surface area contributed by atoms with Gasteiger partial charge in [-0.25, -0.2) is 0 Å². The fourth-order valence-electron chi connectivity index (χ4n) is 3.41. The first kappa shape index (κ1) is 15.3. The van der Waals surface area contributed by atoms with Crippen LogP contribution in [0.2, 0.25) is 0 Å². The minimum Gasteiger partial charge on any atom is -0.486 e. The summed E-state index contributed by atoms with van der Waals surface area (Å²) in [5.74, 6) is 1.38. The summed E-state index contributed by atoms with van der Waals surface area (Å²) in [6.45, 7) is 8.05. The third-order valence-electron chi connectivity index (χ3n) is 4.85. The fourth-order valence-corrected chi connectivity index (χ4v) is 3.41. The third kappa shape index (κ3) is 2.98. The number of ether oxygens (including phenoxy) is 1. The number of ketones is 1. The van der Waals surface area contributed by atoms with Gasteiger partial charge in [0.05, 0.1) is 12.2 Å².